The van der Waals surface area contributed by atoms with Gasteiger partial charge in [0.2, 0.25) is 5.91 Å². The summed E-state index contributed by atoms with van der Waals surface area (Å²) in [5.41, 5.74) is 0. The molecule has 1 rings (SSSR count). The lowest BCUT2D eigenvalue weighted by Gasteiger charge is -2.32. The first-order valence-corrected chi connectivity index (χ1v) is 7.43. The minimum Gasteiger partial charge on any atom is -0.469 e. The van der Waals surface area contributed by atoms with Crippen LogP contribution in [0.5, 0.6) is 0 Å². The van der Waals surface area contributed by atoms with E-state index in [1.807, 2.05) is 18.7 Å². The Bertz CT molecular complexity index is 294. The Morgan fingerprint density at radius 2 is 1.74 bits per heavy atom. The number of hydrogen-bond donors (Lipinski definition) is 0. The third kappa shape index (κ3) is 5.21. The van der Waals surface area contributed by atoms with Crippen LogP contribution in [0, 0.1) is 5.92 Å². The maximum Gasteiger partial charge on any atom is 0.307 e. The normalized spacial score (nSPS) is 17.1. The second-order valence-corrected chi connectivity index (χ2v) is 5.66. The predicted octanol–water partition coefficient (Wildman–Crippen LogP) is 2.76. The lowest BCUT2D eigenvalue weighted by molar-refractivity contribution is -0.143. The fraction of sp³-hybridized carbons (Fsp3) is 0.867. The molecule has 1 aliphatic rings. The van der Waals surface area contributed by atoms with E-state index in [1.54, 1.807) is 0 Å². The molecule has 0 saturated heterocycles. The third-order valence-corrected chi connectivity index (χ3v) is 3.83. The third-order valence-electron chi connectivity index (χ3n) is 3.83. The molecule has 0 heterocycles. The molecule has 0 spiro atoms. The molecule has 0 N–H and O–H groups in total. The highest BCUT2D eigenvalue weighted by atomic mass is 16.5. The number of rotatable bonds is 5. The molecule has 0 unspecified atom stereocenters. The van der Waals surface area contributed by atoms with Crippen molar-refractivity contribution in [2.75, 3.05) is 13.7 Å². The monoisotopic (exact) mass is 269 g/mol. The van der Waals surface area contributed by atoms with Crippen LogP contribution in [0.2, 0.25) is 0 Å². The molecular weight excluding hydrogens is 242 g/mol. The number of hydrogen-bond acceptors (Lipinski definition) is 3. The zero-order valence-corrected chi connectivity index (χ0v) is 12.5. The van der Waals surface area contributed by atoms with Crippen LogP contribution in [0.15, 0.2) is 0 Å². The second-order valence-electron chi connectivity index (χ2n) is 5.66. The molecule has 4 heteroatoms. The molecule has 1 saturated carbocycles. The Labute approximate surface area is 116 Å². The van der Waals surface area contributed by atoms with Gasteiger partial charge in [-0.05, 0) is 12.8 Å². The average Bonchev–Trinajstić information content (AvgIpc) is 2.67. The van der Waals surface area contributed by atoms with Crippen LogP contribution in [0.3, 0.4) is 0 Å². The molecule has 1 aliphatic carbocycles. The Kier molecular flexibility index (Phi) is 6.89. The van der Waals surface area contributed by atoms with Gasteiger partial charge in [0.25, 0.3) is 0 Å². The Balaban J connectivity index is 2.66. The molecule has 0 aromatic carbocycles. The zero-order chi connectivity index (χ0) is 14.3. The number of carbonyl (C=O) groups is 2. The van der Waals surface area contributed by atoms with Crippen molar-refractivity contribution in [2.24, 2.45) is 5.92 Å². The average molecular weight is 269 g/mol. The van der Waals surface area contributed by atoms with E-state index < -0.39 is 0 Å². The van der Waals surface area contributed by atoms with Gasteiger partial charge in [-0.2, -0.15) is 0 Å². The van der Waals surface area contributed by atoms with Gasteiger partial charge >= 0.3 is 5.97 Å². The number of nitrogens with zero attached hydrogens (tertiary/aromatic N) is 1. The first-order chi connectivity index (χ1) is 9.06. The molecule has 0 aromatic heterocycles. The largest absolute Gasteiger partial charge is 0.469 e. The Morgan fingerprint density at radius 3 is 2.21 bits per heavy atom. The quantitative estimate of drug-likeness (QED) is 0.569. The fourth-order valence-electron chi connectivity index (χ4n) is 2.69. The predicted molar refractivity (Wildman–Crippen MR) is 74.7 cm³/mol. The smallest absolute Gasteiger partial charge is 0.307 e. The van der Waals surface area contributed by atoms with E-state index in [0.29, 0.717) is 19.0 Å². The molecular formula is C15H27NO3. The van der Waals surface area contributed by atoms with Crippen LogP contribution >= 0.6 is 0 Å². The Morgan fingerprint density at radius 1 is 1.16 bits per heavy atom. The number of methoxy groups -OCH3 is 1. The summed E-state index contributed by atoms with van der Waals surface area (Å²) in [5.74, 6) is -0.0909. The van der Waals surface area contributed by atoms with E-state index >= 15 is 0 Å². The van der Waals surface area contributed by atoms with E-state index in [-0.39, 0.29) is 17.8 Å². The van der Waals surface area contributed by atoms with Crippen LogP contribution in [0.25, 0.3) is 0 Å². The second kappa shape index (κ2) is 8.18. The summed E-state index contributed by atoms with van der Waals surface area (Å²) in [5, 5.41) is 0. The van der Waals surface area contributed by atoms with Crippen molar-refractivity contribution < 1.29 is 14.3 Å². The van der Waals surface area contributed by atoms with Gasteiger partial charge < -0.3 is 9.64 Å². The Hall–Kier alpha value is -1.06. The van der Waals surface area contributed by atoms with Crippen molar-refractivity contribution >= 4 is 11.9 Å². The molecule has 0 aromatic rings. The summed E-state index contributed by atoms with van der Waals surface area (Å²) < 4.78 is 4.68. The molecule has 19 heavy (non-hydrogen) atoms. The lowest BCUT2D eigenvalue weighted by Crippen LogP contribution is -2.43. The van der Waals surface area contributed by atoms with Crippen LogP contribution in [-0.4, -0.2) is 36.5 Å². The summed E-state index contributed by atoms with van der Waals surface area (Å²) >= 11 is 0. The van der Waals surface area contributed by atoms with Crippen LogP contribution < -0.4 is 0 Å². The van der Waals surface area contributed by atoms with E-state index in [2.05, 4.69) is 4.74 Å². The van der Waals surface area contributed by atoms with Crippen LogP contribution in [0.4, 0.5) is 0 Å². The minimum absolute atomic E-state index is 0.0131. The van der Waals surface area contributed by atoms with Crippen molar-refractivity contribution in [3.63, 3.8) is 0 Å². The van der Waals surface area contributed by atoms with Gasteiger partial charge in [-0.1, -0.05) is 39.5 Å². The molecule has 0 aliphatic heterocycles. The van der Waals surface area contributed by atoms with Crippen molar-refractivity contribution in [3.8, 4) is 0 Å². The first-order valence-electron chi connectivity index (χ1n) is 7.43. The lowest BCUT2D eigenvalue weighted by atomic mass is 10.0. The molecule has 1 amide bonds. The van der Waals surface area contributed by atoms with Gasteiger partial charge in [-0.25, -0.2) is 0 Å². The van der Waals surface area contributed by atoms with Gasteiger partial charge in [-0.3, -0.25) is 9.59 Å². The van der Waals surface area contributed by atoms with Crippen molar-refractivity contribution in [1.29, 1.82) is 0 Å². The summed E-state index contributed by atoms with van der Waals surface area (Å²) in [6, 6.07) is 0.307. The standard InChI is InChI=1S/C15H27NO3/c1-12(2)15(18)16(11-10-14(17)19-3)13-8-6-4-5-7-9-13/h12-13H,4-11H2,1-3H3. The fourth-order valence-corrected chi connectivity index (χ4v) is 2.69. The minimum atomic E-state index is -0.241. The van der Waals surface area contributed by atoms with Crippen LogP contribution in [-0.2, 0) is 14.3 Å². The van der Waals surface area contributed by atoms with Gasteiger partial charge in [0, 0.05) is 18.5 Å². The van der Waals surface area contributed by atoms with E-state index in [0.717, 1.165) is 12.8 Å². The highest BCUT2D eigenvalue weighted by Gasteiger charge is 2.26. The highest BCUT2D eigenvalue weighted by molar-refractivity contribution is 5.79. The number of amides is 1. The summed E-state index contributed by atoms with van der Waals surface area (Å²) in [6.07, 6.45) is 7.33. The van der Waals surface area contributed by atoms with E-state index in [1.165, 1.54) is 32.8 Å². The van der Waals surface area contributed by atoms with Crippen molar-refractivity contribution in [3.05, 3.63) is 0 Å². The first kappa shape index (κ1) is 16.0. The van der Waals surface area contributed by atoms with Gasteiger partial charge in [0.05, 0.1) is 13.5 Å². The van der Waals surface area contributed by atoms with Gasteiger partial charge in [-0.15, -0.1) is 0 Å². The molecule has 0 bridgehead atoms. The van der Waals surface area contributed by atoms with Crippen LogP contribution in [0.1, 0.15) is 58.8 Å². The van der Waals surface area contributed by atoms with Crippen molar-refractivity contribution in [2.45, 2.75) is 64.8 Å². The highest BCUT2D eigenvalue weighted by Crippen LogP contribution is 2.23. The maximum absolute atomic E-state index is 12.3. The molecule has 4 nitrogen and oxygen atoms in total. The summed E-state index contributed by atoms with van der Waals surface area (Å²) in [7, 11) is 1.39. The van der Waals surface area contributed by atoms with Crippen molar-refractivity contribution in [1.82, 2.24) is 4.90 Å². The summed E-state index contributed by atoms with van der Waals surface area (Å²) in [4.78, 5) is 25.6. The zero-order valence-electron chi connectivity index (χ0n) is 12.5. The van der Waals surface area contributed by atoms with Gasteiger partial charge in [0.1, 0.15) is 0 Å². The molecule has 0 radical (unpaired) electrons. The van der Waals surface area contributed by atoms with E-state index in [9.17, 15) is 9.59 Å². The number of carbonyl (C=O) groups excluding carboxylic acids is 2. The SMILES string of the molecule is COC(=O)CCN(C(=O)C(C)C)C1CCCCCC1. The molecule has 0 atom stereocenters. The topological polar surface area (TPSA) is 46.6 Å². The maximum atomic E-state index is 12.3. The molecule has 110 valence electrons. The number of ether oxygens (including phenoxy) is 1. The van der Waals surface area contributed by atoms with E-state index in [4.69, 9.17) is 0 Å². The summed E-state index contributed by atoms with van der Waals surface area (Å²) in [6.45, 7) is 4.34. The van der Waals surface area contributed by atoms with Gasteiger partial charge in [0.15, 0.2) is 0 Å². The molecule has 1 fully saturated rings. The number of esters is 1.